The molecule has 2 rings (SSSR count). The van der Waals surface area contributed by atoms with Gasteiger partial charge in [0, 0.05) is 18.0 Å². The van der Waals surface area contributed by atoms with Crippen molar-refractivity contribution in [2.45, 2.75) is 19.9 Å². The molecule has 0 amide bonds. The van der Waals surface area contributed by atoms with Crippen molar-refractivity contribution in [2.75, 3.05) is 0 Å². The van der Waals surface area contributed by atoms with Crippen molar-refractivity contribution in [1.82, 2.24) is 19.7 Å². The maximum Gasteiger partial charge on any atom is 0.327 e. The Morgan fingerprint density at radius 2 is 2.22 bits per heavy atom. The van der Waals surface area contributed by atoms with E-state index < -0.39 is 12.0 Å². The molecular weight excluding hydrogens is 232 g/mol. The molecule has 1 N–H and O–H groups in total. The van der Waals surface area contributed by atoms with E-state index in [1.165, 1.54) is 6.33 Å². The molecule has 1 atom stereocenters. The molecule has 0 bridgehead atoms. The summed E-state index contributed by atoms with van der Waals surface area (Å²) in [6.45, 7) is 3.71. The molecule has 0 radical (unpaired) electrons. The van der Waals surface area contributed by atoms with E-state index in [9.17, 15) is 9.90 Å². The number of pyridine rings is 1. The highest BCUT2D eigenvalue weighted by atomic mass is 16.4. The van der Waals surface area contributed by atoms with E-state index >= 15 is 0 Å². The van der Waals surface area contributed by atoms with Crippen molar-refractivity contribution in [3.63, 3.8) is 0 Å². The molecule has 2 aromatic rings. The SMILES string of the molecule is CC(C)C(C(=O)O)n1cnnc1-c1cccnc1. The van der Waals surface area contributed by atoms with Crippen molar-refractivity contribution in [2.24, 2.45) is 5.92 Å². The second-order valence-electron chi connectivity index (χ2n) is 4.33. The standard InChI is InChI=1S/C12H14N4O2/c1-8(2)10(12(17)18)16-7-14-15-11(16)9-4-3-5-13-6-9/h3-8,10H,1-2H3,(H,17,18). The van der Waals surface area contributed by atoms with Crippen LogP contribution in [0.25, 0.3) is 11.4 Å². The number of carboxylic acid groups (broad SMARTS) is 1. The summed E-state index contributed by atoms with van der Waals surface area (Å²) in [5.41, 5.74) is 0.752. The van der Waals surface area contributed by atoms with Gasteiger partial charge in [0.2, 0.25) is 0 Å². The zero-order chi connectivity index (χ0) is 13.1. The molecule has 6 heteroatoms. The fourth-order valence-corrected chi connectivity index (χ4v) is 1.87. The fraction of sp³-hybridized carbons (Fsp3) is 0.333. The Balaban J connectivity index is 2.47. The van der Waals surface area contributed by atoms with E-state index in [0.29, 0.717) is 5.82 Å². The van der Waals surface area contributed by atoms with E-state index in [4.69, 9.17) is 0 Å². The number of aromatic nitrogens is 4. The van der Waals surface area contributed by atoms with Crippen LogP contribution in [0.4, 0.5) is 0 Å². The van der Waals surface area contributed by atoms with Crippen LogP contribution >= 0.6 is 0 Å². The van der Waals surface area contributed by atoms with Crippen LogP contribution in [0.5, 0.6) is 0 Å². The molecule has 0 saturated heterocycles. The van der Waals surface area contributed by atoms with Crippen molar-refractivity contribution in [3.8, 4) is 11.4 Å². The number of rotatable bonds is 4. The van der Waals surface area contributed by atoms with Crippen LogP contribution in [0.15, 0.2) is 30.9 Å². The minimum absolute atomic E-state index is 0.0612. The van der Waals surface area contributed by atoms with Gasteiger partial charge in [-0.05, 0) is 18.1 Å². The summed E-state index contributed by atoms with van der Waals surface area (Å²) in [4.78, 5) is 15.3. The lowest BCUT2D eigenvalue weighted by molar-refractivity contribution is -0.142. The molecule has 0 aromatic carbocycles. The molecule has 0 spiro atoms. The van der Waals surface area contributed by atoms with Crippen molar-refractivity contribution in [3.05, 3.63) is 30.9 Å². The molecule has 0 fully saturated rings. The molecule has 0 aliphatic rings. The predicted octanol–water partition coefficient (Wildman–Crippen LogP) is 1.62. The average Bonchev–Trinajstić information content (AvgIpc) is 2.78. The quantitative estimate of drug-likeness (QED) is 0.886. The van der Waals surface area contributed by atoms with Crippen molar-refractivity contribution in [1.29, 1.82) is 0 Å². The third-order valence-electron chi connectivity index (χ3n) is 2.68. The third-order valence-corrected chi connectivity index (χ3v) is 2.68. The van der Waals surface area contributed by atoms with Gasteiger partial charge in [-0.1, -0.05) is 13.8 Å². The normalized spacial score (nSPS) is 12.6. The van der Waals surface area contributed by atoms with Gasteiger partial charge in [0.05, 0.1) is 0 Å². The number of carboxylic acids is 1. The number of carbonyl (C=O) groups is 1. The summed E-state index contributed by atoms with van der Waals surface area (Å²) in [5, 5.41) is 17.1. The largest absolute Gasteiger partial charge is 0.480 e. The van der Waals surface area contributed by atoms with Gasteiger partial charge < -0.3 is 5.11 Å². The first-order chi connectivity index (χ1) is 8.61. The average molecular weight is 246 g/mol. The summed E-state index contributed by atoms with van der Waals surface area (Å²) < 4.78 is 1.57. The molecule has 0 aliphatic heterocycles. The molecule has 0 aliphatic carbocycles. The van der Waals surface area contributed by atoms with E-state index in [-0.39, 0.29) is 5.92 Å². The number of hydrogen-bond donors (Lipinski definition) is 1. The van der Waals surface area contributed by atoms with Crippen LogP contribution in [0.3, 0.4) is 0 Å². The van der Waals surface area contributed by atoms with E-state index in [0.717, 1.165) is 5.56 Å². The first kappa shape index (κ1) is 12.2. The third kappa shape index (κ3) is 2.22. The van der Waals surface area contributed by atoms with Gasteiger partial charge in [0.25, 0.3) is 0 Å². The Kier molecular flexibility index (Phi) is 3.36. The van der Waals surface area contributed by atoms with Crippen LogP contribution < -0.4 is 0 Å². The summed E-state index contributed by atoms with van der Waals surface area (Å²) in [7, 11) is 0. The van der Waals surface area contributed by atoms with Gasteiger partial charge in [0.15, 0.2) is 5.82 Å². The van der Waals surface area contributed by atoms with Crippen LogP contribution in [-0.2, 0) is 4.79 Å². The topological polar surface area (TPSA) is 80.9 Å². The van der Waals surface area contributed by atoms with Gasteiger partial charge >= 0.3 is 5.97 Å². The molecule has 6 nitrogen and oxygen atoms in total. The molecule has 2 aromatic heterocycles. The van der Waals surface area contributed by atoms with Gasteiger partial charge in [-0.15, -0.1) is 10.2 Å². The van der Waals surface area contributed by atoms with Gasteiger partial charge in [-0.3, -0.25) is 9.55 Å². The lowest BCUT2D eigenvalue weighted by Crippen LogP contribution is -2.24. The Hall–Kier alpha value is -2.24. The van der Waals surface area contributed by atoms with Crippen LogP contribution in [-0.4, -0.2) is 30.8 Å². The number of hydrogen-bond acceptors (Lipinski definition) is 4. The Morgan fingerprint density at radius 3 is 2.78 bits per heavy atom. The number of nitrogens with zero attached hydrogens (tertiary/aromatic N) is 4. The molecule has 2 heterocycles. The van der Waals surface area contributed by atoms with Crippen molar-refractivity contribution < 1.29 is 9.90 Å². The molecule has 18 heavy (non-hydrogen) atoms. The highest BCUT2D eigenvalue weighted by Gasteiger charge is 2.26. The summed E-state index contributed by atoms with van der Waals surface area (Å²) in [5.74, 6) is -0.437. The van der Waals surface area contributed by atoms with Crippen LogP contribution in [0.2, 0.25) is 0 Å². The molecule has 0 saturated carbocycles. The maximum atomic E-state index is 11.3. The Morgan fingerprint density at radius 1 is 1.44 bits per heavy atom. The monoisotopic (exact) mass is 246 g/mol. The first-order valence-electron chi connectivity index (χ1n) is 5.64. The minimum Gasteiger partial charge on any atom is -0.480 e. The lowest BCUT2D eigenvalue weighted by Gasteiger charge is -2.19. The van der Waals surface area contributed by atoms with Crippen LogP contribution in [0.1, 0.15) is 19.9 Å². The molecule has 94 valence electrons. The summed E-state index contributed by atoms with van der Waals surface area (Å²) in [6.07, 6.45) is 4.74. The smallest absolute Gasteiger partial charge is 0.327 e. The van der Waals surface area contributed by atoms with E-state index in [2.05, 4.69) is 15.2 Å². The zero-order valence-electron chi connectivity index (χ0n) is 10.2. The zero-order valence-corrected chi connectivity index (χ0v) is 10.2. The molecule has 1 unspecified atom stereocenters. The summed E-state index contributed by atoms with van der Waals surface area (Å²) >= 11 is 0. The fourth-order valence-electron chi connectivity index (χ4n) is 1.87. The second-order valence-corrected chi connectivity index (χ2v) is 4.33. The van der Waals surface area contributed by atoms with Gasteiger partial charge in [-0.25, -0.2) is 4.79 Å². The number of aliphatic carboxylic acids is 1. The lowest BCUT2D eigenvalue weighted by atomic mass is 10.0. The highest BCUT2D eigenvalue weighted by molar-refractivity contribution is 5.73. The first-order valence-corrected chi connectivity index (χ1v) is 5.64. The Labute approximate surface area is 104 Å². The van der Waals surface area contributed by atoms with Crippen LogP contribution in [0, 0.1) is 5.92 Å². The summed E-state index contributed by atoms with van der Waals surface area (Å²) in [6, 6.07) is 2.92. The minimum atomic E-state index is -0.894. The van der Waals surface area contributed by atoms with Crippen molar-refractivity contribution >= 4 is 5.97 Å². The maximum absolute atomic E-state index is 11.3. The van der Waals surface area contributed by atoms with E-state index in [1.807, 2.05) is 19.9 Å². The molecular formula is C12H14N4O2. The predicted molar refractivity (Wildman–Crippen MR) is 64.8 cm³/mol. The van der Waals surface area contributed by atoms with Gasteiger partial charge in [-0.2, -0.15) is 0 Å². The highest BCUT2D eigenvalue weighted by Crippen LogP contribution is 2.24. The van der Waals surface area contributed by atoms with E-state index in [1.54, 1.807) is 23.0 Å². The van der Waals surface area contributed by atoms with Gasteiger partial charge in [0.1, 0.15) is 12.4 Å². The Bertz CT molecular complexity index is 536. The second kappa shape index (κ2) is 4.95.